The Bertz CT molecular complexity index is 924. The number of aryl methyl sites for hydroxylation is 1. The standard InChI is InChI=1S/C24H28BrN3O2/c1-17-6-2-3-7-18(17)15-27-12-10-20(11-13-27)26-24(30)19-14-23(29)28(16-19)22-9-5-4-8-21(22)25/h2-9,19-20H,10-16H2,1H3,(H,26,30). The van der Waals surface area contributed by atoms with E-state index in [0.29, 0.717) is 6.54 Å². The van der Waals surface area contributed by atoms with Gasteiger partial charge in [0.2, 0.25) is 11.8 Å². The molecule has 158 valence electrons. The van der Waals surface area contributed by atoms with Gasteiger partial charge in [-0.2, -0.15) is 0 Å². The third kappa shape index (κ3) is 4.76. The predicted octanol–water partition coefficient (Wildman–Crippen LogP) is 3.89. The van der Waals surface area contributed by atoms with Crippen molar-refractivity contribution >= 4 is 33.4 Å². The number of nitrogens with one attached hydrogen (secondary N) is 1. The second kappa shape index (κ2) is 9.31. The molecule has 30 heavy (non-hydrogen) atoms. The summed E-state index contributed by atoms with van der Waals surface area (Å²) in [6.07, 6.45) is 2.18. The first-order chi connectivity index (χ1) is 14.5. The molecule has 1 N–H and O–H groups in total. The molecule has 0 bridgehead atoms. The number of amides is 2. The van der Waals surface area contributed by atoms with Crippen LogP contribution in [0.2, 0.25) is 0 Å². The fraction of sp³-hybridized carbons (Fsp3) is 0.417. The molecule has 0 radical (unpaired) electrons. The number of carbonyl (C=O) groups is 2. The Labute approximate surface area is 186 Å². The summed E-state index contributed by atoms with van der Waals surface area (Å²) >= 11 is 3.50. The minimum Gasteiger partial charge on any atom is -0.353 e. The molecule has 2 aromatic rings. The molecule has 0 aliphatic carbocycles. The molecule has 0 aromatic heterocycles. The van der Waals surface area contributed by atoms with Crippen LogP contribution in [0.15, 0.2) is 53.0 Å². The van der Waals surface area contributed by atoms with Gasteiger partial charge in [-0.15, -0.1) is 0 Å². The van der Waals surface area contributed by atoms with Crippen molar-refractivity contribution in [3.63, 3.8) is 0 Å². The number of nitrogens with zero attached hydrogens (tertiary/aromatic N) is 2. The second-order valence-corrected chi connectivity index (χ2v) is 9.20. The van der Waals surface area contributed by atoms with Crippen molar-refractivity contribution in [2.75, 3.05) is 24.5 Å². The van der Waals surface area contributed by atoms with Gasteiger partial charge in [-0.25, -0.2) is 0 Å². The van der Waals surface area contributed by atoms with Gasteiger partial charge in [-0.1, -0.05) is 36.4 Å². The number of benzene rings is 2. The van der Waals surface area contributed by atoms with E-state index < -0.39 is 0 Å². The fourth-order valence-electron chi connectivity index (χ4n) is 4.37. The van der Waals surface area contributed by atoms with E-state index in [1.54, 1.807) is 4.90 Å². The van der Waals surface area contributed by atoms with Gasteiger partial charge >= 0.3 is 0 Å². The Kier molecular flexibility index (Phi) is 6.54. The normalized spacial score (nSPS) is 20.5. The number of para-hydroxylation sites is 1. The van der Waals surface area contributed by atoms with Crippen LogP contribution in [0.1, 0.15) is 30.4 Å². The maximum atomic E-state index is 12.8. The Morgan fingerprint density at radius 3 is 2.53 bits per heavy atom. The highest BCUT2D eigenvalue weighted by molar-refractivity contribution is 9.10. The second-order valence-electron chi connectivity index (χ2n) is 8.34. The highest BCUT2D eigenvalue weighted by Crippen LogP contribution is 2.31. The molecular weight excluding hydrogens is 442 g/mol. The molecular formula is C24H28BrN3O2. The number of anilines is 1. The van der Waals surface area contributed by atoms with Crippen LogP contribution in [-0.4, -0.2) is 42.4 Å². The van der Waals surface area contributed by atoms with E-state index in [0.717, 1.165) is 42.6 Å². The first kappa shape index (κ1) is 21.1. The number of likely N-dealkylation sites (tertiary alicyclic amines) is 1. The monoisotopic (exact) mass is 469 g/mol. The minimum atomic E-state index is -0.283. The van der Waals surface area contributed by atoms with E-state index in [2.05, 4.69) is 57.3 Å². The lowest BCUT2D eigenvalue weighted by molar-refractivity contribution is -0.127. The van der Waals surface area contributed by atoms with Gasteiger partial charge in [-0.05, 0) is 59.0 Å². The molecule has 5 nitrogen and oxygen atoms in total. The summed E-state index contributed by atoms with van der Waals surface area (Å²) in [4.78, 5) is 29.5. The average molecular weight is 470 g/mol. The molecule has 2 aliphatic rings. The number of carbonyl (C=O) groups excluding carboxylic acids is 2. The van der Waals surface area contributed by atoms with Crippen molar-refractivity contribution in [3.05, 3.63) is 64.1 Å². The molecule has 1 atom stereocenters. The summed E-state index contributed by atoms with van der Waals surface area (Å²) in [5, 5.41) is 3.21. The highest BCUT2D eigenvalue weighted by atomic mass is 79.9. The predicted molar refractivity (Wildman–Crippen MR) is 122 cm³/mol. The van der Waals surface area contributed by atoms with Crippen molar-refractivity contribution in [2.24, 2.45) is 5.92 Å². The molecule has 2 aliphatic heterocycles. The minimum absolute atomic E-state index is 0.00935. The van der Waals surface area contributed by atoms with Crippen LogP contribution in [0.5, 0.6) is 0 Å². The maximum Gasteiger partial charge on any atom is 0.227 e. The summed E-state index contributed by atoms with van der Waals surface area (Å²) < 4.78 is 0.875. The summed E-state index contributed by atoms with van der Waals surface area (Å²) in [7, 11) is 0. The van der Waals surface area contributed by atoms with Gasteiger partial charge < -0.3 is 10.2 Å². The molecule has 2 amide bonds. The molecule has 4 rings (SSSR count). The van der Waals surface area contributed by atoms with Crippen molar-refractivity contribution in [1.82, 2.24) is 10.2 Å². The van der Waals surface area contributed by atoms with Gasteiger partial charge in [-0.3, -0.25) is 14.5 Å². The van der Waals surface area contributed by atoms with E-state index >= 15 is 0 Å². The third-order valence-electron chi connectivity index (χ3n) is 6.23. The Hall–Kier alpha value is -2.18. The molecule has 2 aromatic carbocycles. The number of hydrogen-bond donors (Lipinski definition) is 1. The smallest absolute Gasteiger partial charge is 0.227 e. The Morgan fingerprint density at radius 2 is 1.80 bits per heavy atom. The number of piperidine rings is 1. The van der Waals surface area contributed by atoms with Gasteiger partial charge in [0.05, 0.1) is 11.6 Å². The van der Waals surface area contributed by atoms with E-state index in [4.69, 9.17) is 0 Å². The number of rotatable bonds is 5. The molecule has 0 spiro atoms. The van der Waals surface area contributed by atoms with Crippen LogP contribution in [-0.2, 0) is 16.1 Å². The lowest BCUT2D eigenvalue weighted by Crippen LogP contribution is -2.46. The topological polar surface area (TPSA) is 52.7 Å². The van der Waals surface area contributed by atoms with Gasteiger partial charge in [0, 0.05) is 43.1 Å². The number of halogens is 1. The van der Waals surface area contributed by atoms with E-state index in [9.17, 15) is 9.59 Å². The summed E-state index contributed by atoms with van der Waals surface area (Å²) in [6, 6.07) is 16.4. The van der Waals surface area contributed by atoms with Gasteiger partial charge in [0.15, 0.2) is 0 Å². The van der Waals surface area contributed by atoms with E-state index in [1.165, 1.54) is 11.1 Å². The third-order valence-corrected chi connectivity index (χ3v) is 6.90. The lowest BCUT2D eigenvalue weighted by atomic mass is 10.0. The molecule has 2 fully saturated rings. The van der Waals surface area contributed by atoms with Crippen molar-refractivity contribution < 1.29 is 9.59 Å². The summed E-state index contributed by atoms with van der Waals surface area (Å²) in [5.41, 5.74) is 3.53. The van der Waals surface area contributed by atoms with Crippen LogP contribution in [0, 0.1) is 12.8 Å². The van der Waals surface area contributed by atoms with E-state index in [1.807, 2.05) is 24.3 Å². The van der Waals surface area contributed by atoms with Crippen molar-refractivity contribution in [2.45, 2.75) is 38.8 Å². The summed E-state index contributed by atoms with van der Waals surface area (Å²) in [5.74, 6) is -0.264. The van der Waals surface area contributed by atoms with Gasteiger partial charge in [0.25, 0.3) is 0 Å². The Balaban J connectivity index is 1.28. The molecule has 2 saturated heterocycles. The molecule has 6 heteroatoms. The zero-order valence-electron chi connectivity index (χ0n) is 17.3. The first-order valence-corrected chi connectivity index (χ1v) is 11.4. The fourth-order valence-corrected chi connectivity index (χ4v) is 4.87. The van der Waals surface area contributed by atoms with Crippen LogP contribution >= 0.6 is 15.9 Å². The van der Waals surface area contributed by atoms with E-state index in [-0.39, 0.29) is 30.2 Å². The molecule has 0 saturated carbocycles. The van der Waals surface area contributed by atoms with Gasteiger partial charge in [0.1, 0.15) is 0 Å². The quantitative estimate of drug-likeness (QED) is 0.722. The highest BCUT2D eigenvalue weighted by Gasteiger charge is 2.36. The van der Waals surface area contributed by atoms with Crippen LogP contribution < -0.4 is 10.2 Å². The first-order valence-electron chi connectivity index (χ1n) is 10.6. The Morgan fingerprint density at radius 1 is 1.10 bits per heavy atom. The summed E-state index contributed by atoms with van der Waals surface area (Å²) in [6.45, 7) is 5.52. The molecule has 2 heterocycles. The number of hydrogen-bond acceptors (Lipinski definition) is 3. The van der Waals surface area contributed by atoms with Crippen LogP contribution in [0.4, 0.5) is 5.69 Å². The van der Waals surface area contributed by atoms with Crippen molar-refractivity contribution in [3.8, 4) is 0 Å². The average Bonchev–Trinajstić information content (AvgIpc) is 3.13. The zero-order valence-corrected chi connectivity index (χ0v) is 18.9. The maximum absolute atomic E-state index is 12.8. The SMILES string of the molecule is Cc1ccccc1CN1CCC(NC(=O)C2CC(=O)N(c3ccccc3Br)C2)CC1. The molecule has 1 unspecified atom stereocenters. The lowest BCUT2D eigenvalue weighted by Gasteiger charge is -2.33. The zero-order chi connectivity index (χ0) is 21.1. The van der Waals surface area contributed by atoms with Crippen LogP contribution in [0.3, 0.4) is 0 Å². The van der Waals surface area contributed by atoms with Crippen molar-refractivity contribution in [1.29, 1.82) is 0 Å². The van der Waals surface area contributed by atoms with Crippen LogP contribution in [0.25, 0.3) is 0 Å². The largest absolute Gasteiger partial charge is 0.353 e.